The number of benzene rings is 3. The molecule has 5 aromatic rings. The standard InChI is InChI=1S/C34H34FN3O5/c1-20-30(32(33(39)42-7)43-34(2,3)4)31(21-11-14-25(40-5)15-12-21)38-29(36-20)19-27(37-38)23-10-8-9-22(17-23)26-16-13-24(35)18-28(26)41-6/h8-19,32H,1-7H3/t32-/m0/s1. The van der Waals surface area contributed by atoms with Crippen molar-refractivity contribution in [1.29, 1.82) is 0 Å². The van der Waals surface area contributed by atoms with Gasteiger partial charge in [-0.3, -0.25) is 0 Å². The maximum atomic E-state index is 13.9. The number of hydrogen-bond donors (Lipinski definition) is 0. The molecule has 0 aliphatic carbocycles. The van der Waals surface area contributed by atoms with Gasteiger partial charge in [0.2, 0.25) is 0 Å². The minimum absolute atomic E-state index is 0.374. The lowest BCUT2D eigenvalue weighted by Gasteiger charge is -2.28. The quantitative estimate of drug-likeness (QED) is 0.178. The van der Waals surface area contributed by atoms with Gasteiger partial charge in [0.25, 0.3) is 0 Å². The van der Waals surface area contributed by atoms with Gasteiger partial charge in [0, 0.05) is 40.1 Å². The number of ether oxygens (including phenoxy) is 4. The third kappa shape index (κ3) is 6.08. The van der Waals surface area contributed by atoms with E-state index in [-0.39, 0.29) is 5.82 Å². The molecule has 0 bridgehead atoms. The molecule has 0 amide bonds. The van der Waals surface area contributed by atoms with Crippen LogP contribution in [0.4, 0.5) is 4.39 Å². The Balaban J connectivity index is 1.74. The molecule has 0 radical (unpaired) electrons. The normalized spacial score (nSPS) is 12.3. The van der Waals surface area contributed by atoms with E-state index in [2.05, 4.69) is 0 Å². The number of rotatable bonds is 8. The Bertz CT molecular complexity index is 1790. The highest BCUT2D eigenvalue weighted by Gasteiger charge is 2.34. The average molecular weight is 584 g/mol. The van der Waals surface area contributed by atoms with E-state index >= 15 is 0 Å². The van der Waals surface area contributed by atoms with Gasteiger partial charge in [-0.2, -0.15) is 5.10 Å². The summed E-state index contributed by atoms with van der Waals surface area (Å²) in [4.78, 5) is 18.0. The number of aromatic nitrogens is 3. The molecule has 0 saturated carbocycles. The largest absolute Gasteiger partial charge is 0.497 e. The summed E-state index contributed by atoms with van der Waals surface area (Å²) in [6.07, 6.45) is -1.05. The van der Waals surface area contributed by atoms with Crippen LogP contribution >= 0.6 is 0 Å². The predicted octanol–water partition coefficient (Wildman–Crippen LogP) is 7.22. The Morgan fingerprint density at radius 1 is 0.884 bits per heavy atom. The van der Waals surface area contributed by atoms with Crippen molar-refractivity contribution in [3.05, 3.63) is 89.9 Å². The summed E-state index contributed by atoms with van der Waals surface area (Å²) in [5.74, 6) is 0.212. The second-order valence-electron chi connectivity index (χ2n) is 11.0. The minimum atomic E-state index is -1.05. The Labute approximate surface area is 250 Å². The molecule has 9 heteroatoms. The first-order chi connectivity index (χ1) is 20.5. The van der Waals surface area contributed by atoms with Crippen LogP contribution in [0.15, 0.2) is 72.8 Å². The Hall–Kier alpha value is -4.76. The first kappa shape index (κ1) is 29.7. The zero-order valence-corrected chi connectivity index (χ0v) is 25.3. The van der Waals surface area contributed by atoms with Crippen LogP contribution in [-0.4, -0.2) is 47.5 Å². The van der Waals surface area contributed by atoms with Crippen LogP contribution in [-0.2, 0) is 14.3 Å². The molecule has 43 heavy (non-hydrogen) atoms. The smallest absolute Gasteiger partial charge is 0.339 e. The molecule has 0 saturated heterocycles. The molecule has 2 aromatic heterocycles. The van der Waals surface area contributed by atoms with E-state index in [1.165, 1.54) is 26.4 Å². The van der Waals surface area contributed by atoms with Crippen LogP contribution in [0.2, 0.25) is 0 Å². The van der Waals surface area contributed by atoms with Crippen molar-refractivity contribution in [3.63, 3.8) is 0 Å². The van der Waals surface area contributed by atoms with Crippen molar-refractivity contribution in [1.82, 2.24) is 14.6 Å². The lowest BCUT2D eigenvalue weighted by molar-refractivity contribution is -0.164. The molecule has 0 spiro atoms. The maximum Gasteiger partial charge on any atom is 0.339 e. The van der Waals surface area contributed by atoms with Gasteiger partial charge in [0.1, 0.15) is 17.3 Å². The van der Waals surface area contributed by atoms with E-state index in [1.807, 2.05) is 82.3 Å². The number of methoxy groups -OCH3 is 3. The zero-order valence-electron chi connectivity index (χ0n) is 25.3. The molecule has 0 aliphatic rings. The van der Waals surface area contributed by atoms with Crippen molar-refractivity contribution >= 4 is 11.6 Å². The molecule has 1 atom stereocenters. The van der Waals surface area contributed by atoms with E-state index in [9.17, 15) is 9.18 Å². The van der Waals surface area contributed by atoms with E-state index in [0.717, 1.165) is 22.3 Å². The first-order valence-corrected chi connectivity index (χ1v) is 13.8. The van der Waals surface area contributed by atoms with Crippen LogP contribution in [0.5, 0.6) is 11.5 Å². The van der Waals surface area contributed by atoms with Crippen LogP contribution in [0, 0.1) is 12.7 Å². The zero-order chi connectivity index (χ0) is 30.9. The van der Waals surface area contributed by atoms with E-state index in [1.54, 1.807) is 17.7 Å². The molecule has 0 unspecified atom stereocenters. The number of carbonyl (C=O) groups is 1. The maximum absolute atomic E-state index is 13.9. The minimum Gasteiger partial charge on any atom is -0.497 e. The Morgan fingerprint density at radius 3 is 2.26 bits per heavy atom. The monoisotopic (exact) mass is 583 g/mol. The summed E-state index contributed by atoms with van der Waals surface area (Å²) < 4.78 is 37.9. The molecule has 3 aromatic carbocycles. The van der Waals surface area contributed by atoms with Crippen molar-refractivity contribution < 1.29 is 28.1 Å². The lowest BCUT2D eigenvalue weighted by atomic mass is 9.98. The fourth-order valence-corrected chi connectivity index (χ4v) is 5.05. The van der Waals surface area contributed by atoms with Crippen LogP contribution in [0.1, 0.15) is 38.1 Å². The molecule has 2 heterocycles. The molecule has 5 rings (SSSR count). The van der Waals surface area contributed by atoms with Crippen LogP contribution < -0.4 is 9.47 Å². The molecule has 0 aliphatic heterocycles. The second-order valence-corrected chi connectivity index (χ2v) is 11.0. The Morgan fingerprint density at radius 2 is 1.60 bits per heavy atom. The van der Waals surface area contributed by atoms with Gasteiger partial charge in [0.05, 0.1) is 38.3 Å². The SMILES string of the molecule is COC(=O)[C@@H](OC(C)(C)C)c1c(C)nc2cc(-c3cccc(-c4ccc(F)cc4OC)c3)nn2c1-c1ccc(OC)cc1. The van der Waals surface area contributed by atoms with Gasteiger partial charge < -0.3 is 18.9 Å². The van der Waals surface area contributed by atoms with Crippen LogP contribution in [0.3, 0.4) is 0 Å². The molecular weight excluding hydrogens is 549 g/mol. The number of halogens is 1. The highest BCUT2D eigenvalue weighted by Crippen LogP contribution is 2.38. The number of esters is 1. The van der Waals surface area contributed by atoms with E-state index < -0.39 is 17.7 Å². The number of carbonyl (C=O) groups excluding carboxylic acids is 1. The van der Waals surface area contributed by atoms with E-state index in [0.29, 0.717) is 39.8 Å². The summed E-state index contributed by atoms with van der Waals surface area (Å²) >= 11 is 0. The fourth-order valence-electron chi connectivity index (χ4n) is 5.05. The van der Waals surface area contributed by atoms with Crippen molar-refractivity contribution in [3.8, 4) is 45.1 Å². The van der Waals surface area contributed by atoms with Crippen molar-refractivity contribution in [2.75, 3.05) is 21.3 Å². The molecule has 222 valence electrons. The summed E-state index contributed by atoms with van der Waals surface area (Å²) in [7, 11) is 4.46. The van der Waals surface area contributed by atoms with Crippen molar-refractivity contribution in [2.24, 2.45) is 0 Å². The summed E-state index contributed by atoms with van der Waals surface area (Å²) in [5, 5.41) is 4.98. The van der Waals surface area contributed by atoms with Gasteiger partial charge in [-0.05, 0) is 75.7 Å². The summed E-state index contributed by atoms with van der Waals surface area (Å²) in [6, 6.07) is 21.6. The number of hydrogen-bond acceptors (Lipinski definition) is 7. The number of nitrogens with zero attached hydrogens (tertiary/aromatic N) is 3. The third-order valence-corrected chi connectivity index (χ3v) is 6.97. The Kier molecular flexibility index (Phi) is 8.19. The highest BCUT2D eigenvalue weighted by molar-refractivity contribution is 5.82. The van der Waals surface area contributed by atoms with Gasteiger partial charge in [-0.1, -0.05) is 18.2 Å². The van der Waals surface area contributed by atoms with E-state index in [4.69, 9.17) is 29.0 Å². The van der Waals surface area contributed by atoms with Gasteiger partial charge in [-0.15, -0.1) is 0 Å². The summed E-state index contributed by atoms with van der Waals surface area (Å²) in [5.41, 5.74) is 5.61. The predicted molar refractivity (Wildman–Crippen MR) is 163 cm³/mol. The molecular formula is C34H34FN3O5. The molecule has 0 N–H and O–H groups in total. The number of aryl methyl sites for hydroxylation is 1. The topological polar surface area (TPSA) is 84.2 Å². The fraction of sp³-hybridized carbons (Fsp3) is 0.265. The van der Waals surface area contributed by atoms with Crippen molar-refractivity contribution in [2.45, 2.75) is 39.4 Å². The van der Waals surface area contributed by atoms with Gasteiger partial charge >= 0.3 is 5.97 Å². The highest BCUT2D eigenvalue weighted by atomic mass is 19.1. The third-order valence-electron chi connectivity index (χ3n) is 6.97. The average Bonchev–Trinajstić information content (AvgIpc) is 3.42. The van der Waals surface area contributed by atoms with Gasteiger partial charge in [0.15, 0.2) is 11.8 Å². The molecule has 0 fully saturated rings. The van der Waals surface area contributed by atoms with Gasteiger partial charge in [-0.25, -0.2) is 18.7 Å². The second kappa shape index (κ2) is 11.9. The summed E-state index contributed by atoms with van der Waals surface area (Å²) in [6.45, 7) is 7.49. The number of fused-ring (bicyclic) bond motifs is 1. The lowest BCUT2D eigenvalue weighted by Crippen LogP contribution is -2.29. The first-order valence-electron chi connectivity index (χ1n) is 13.8. The molecule has 8 nitrogen and oxygen atoms in total. The van der Waals surface area contributed by atoms with Crippen LogP contribution in [0.25, 0.3) is 39.3 Å².